The van der Waals surface area contributed by atoms with E-state index in [0.717, 1.165) is 31.0 Å². The second-order valence-electron chi connectivity index (χ2n) is 5.21. The maximum absolute atomic E-state index is 4.71. The molecule has 0 atom stereocenters. The topological polar surface area (TPSA) is 28.2 Å². The molecule has 1 aromatic heterocycles. The molecular weight excluding hydrogens is 246 g/mol. The minimum absolute atomic E-state index is 0.944. The number of hydrogen-bond acceptors (Lipinski definition) is 3. The van der Waals surface area contributed by atoms with Gasteiger partial charge in [-0.25, -0.2) is 4.98 Å². The summed E-state index contributed by atoms with van der Waals surface area (Å²) in [5.74, 6) is 1.01. The number of nitrogens with one attached hydrogen (secondary N) is 1. The van der Waals surface area contributed by atoms with E-state index in [4.69, 9.17) is 4.98 Å². The van der Waals surface area contributed by atoms with Crippen LogP contribution in [0.5, 0.6) is 0 Å². The van der Waals surface area contributed by atoms with E-state index in [0.29, 0.717) is 0 Å². The van der Waals surface area contributed by atoms with Gasteiger partial charge in [-0.05, 0) is 44.1 Å². The Morgan fingerprint density at radius 2 is 1.95 bits per heavy atom. The van der Waals surface area contributed by atoms with Gasteiger partial charge in [0.05, 0.1) is 5.52 Å². The third kappa shape index (κ3) is 3.70. The van der Waals surface area contributed by atoms with E-state index >= 15 is 0 Å². The maximum Gasteiger partial charge on any atom is 0.129 e. The third-order valence-electron chi connectivity index (χ3n) is 3.62. The summed E-state index contributed by atoms with van der Waals surface area (Å²) < 4.78 is 0. The molecule has 3 nitrogen and oxygen atoms in total. The van der Waals surface area contributed by atoms with Crippen LogP contribution in [0.3, 0.4) is 0 Å². The van der Waals surface area contributed by atoms with Gasteiger partial charge in [-0.2, -0.15) is 0 Å². The summed E-state index contributed by atoms with van der Waals surface area (Å²) in [7, 11) is 0. The lowest BCUT2D eigenvalue weighted by atomic mass is 10.1. The molecule has 0 bridgehead atoms. The second kappa shape index (κ2) is 7.25. The van der Waals surface area contributed by atoms with E-state index in [9.17, 15) is 0 Å². The summed E-state index contributed by atoms with van der Waals surface area (Å²) in [4.78, 5) is 7.18. The molecule has 0 saturated heterocycles. The molecule has 0 fully saturated rings. The third-order valence-corrected chi connectivity index (χ3v) is 3.62. The van der Waals surface area contributed by atoms with Crippen molar-refractivity contribution in [3.63, 3.8) is 0 Å². The van der Waals surface area contributed by atoms with Crippen molar-refractivity contribution in [2.24, 2.45) is 0 Å². The zero-order chi connectivity index (χ0) is 14.4. The summed E-state index contributed by atoms with van der Waals surface area (Å²) in [5, 5.41) is 4.68. The fraction of sp³-hybridized carbons (Fsp3) is 0.471. The van der Waals surface area contributed by atoms with Crippen LogP contribution in [0.25, 0.3) is 10.9 Å². The van der Waals surface area contributed by atoms with Gasteiger partial charge < -0.3 is 10.2 Å². The Morgan fingerprint density at radius 1 is 1.15 bits per heavy atom. The quantitative estimate of drug-likeness (QED) is 0.832. The molecule has 20 heavy (non-hydrogen) atoms. The summed E-state index contributed by atoms with van der Waals surface area (Å²) in [6, 6.07) is 10.5. The van der Waals surface area contributed by atoms with Crippen molar-refractivity contribution < 1.29 is 0 Å². The monoisotopic (exact) mass is 271 g/mol. The highest BCUT2D eigenvalue weighted by Crippen LogP contribution is 2.19. The van der Waals surface area contributed by atoms with Crippen LogP contribution < -0.4 is 5.32 Å². The molecule has 0 aliphatic carbocycles. The van der Waals surface area contributed by atoms with Gasteiger partial charge in [0.25, 0.3) is 0 Å². The molecule has 1 heterocycles. The number of hydrogen-bond donors (Lipinski definition) is 1. The number of likely N-dealkylation sites (N-methyl/N-ethyl adjacent to an activating group) is 1. The normalized spacial score (nSPS) is 11.2. The van der Waals surface area contributed by atoms with Crippen molar-refractivity contribution in [1.82, 2.24) is 9.88 Å². The summed E-state index contributed by atoms with van der Waals surface area (Å²) in [6.07, 6.45) is 1.21. The molecule has 0 amide bonds. The first kappa shape index (κ1) is 14.8. The van der Waals surface area contributed by atoms with Crippen molar-refractivity contribution in [2.75, 3.05) is 31.5 Å². The van der Waals surface area contributed by atoms with E-state index in [1.165, 1.54) is 23.9 Å². The Bertz CT molecular complexity index is 551. The van der Waals surface area contributed by atoms with Gasteiger partial charge >= 0.3 is 0 Å². The fourth-order valence-corrected chi connectivity index (χ4v) is 2.48. The molecule has 0 radical (unpaired) electrons. The van der Waals surface area contributed by atoms with Gasteiger partial charge in [0.15, 0.2) is 0 Å². The van der Waals surface area contributed by atoms with Crippen molar-refractivity contribution in [3.8, 4) is 0 Å². The fourth-order valence-electron chi connectivity index (χ4n) is 2.48. The molecule has 0 saturated carbocycles. The Balaban J connectivity index is 2.00. The summed E-state index contributed by atoms with van der Waals surface area (Å²) >= 11 is 0. The summed E-state index contributed by atoms with van der Waals surface area (Å²) in [6.45, 7) is 10.9. The van der Waals surface area contributed by atoms with Crippen molar-refractivity contribution in [3.05, 3.63) is 35.9 Å². The van der Waals surface area contributed by atoms with E-state index in [2.05, 4.69) is 55.3 Å². The molecule has 1 aromatic carbocycles. The van der Waals surface area contributed by atoms with Crippen LogP contribution in [0, 0.1) is 6.92 Å². The second-order valence-corrected chi connectivity index (χ2v) is 5.21. The zero-order valence-corrected chi connectivity index (χ0v) is 12.8. The largest absolute Gasteiger partial charge is 0.369 e. The highest BCUT2D eigenvalue weighted by molar-refractivity contribution is 5.81. The van der Waals surface area contributed by atoms with Crippen LogP contribution in [0.1, 0.15) is 25.8 Å². The lowest BCUT2D eigenvalue weighted by Crippen LogP contribution is -2.29. The van der Waals surface area contributed by atoms with Gasteiger partial charge in [-0.1, -0.05) is 32.0 Å². The molecule has 3 heteroatoms. The van der Waals surface area contributed by atoms with E-state index < -0.39 is 0 Å². The first-order chi connectivity index (χ1) is 9.74. The lowest BCUT2D eigenvalue weighted by Gasteiger charge is -2.20. The van der Waals surface area contributed by atoms with E-state index in [1.54, 1.807) is 0 Å². The number of anilines is 1. The maximum atomic E-state index is 4.71. The van der Waals surface area contributed by atoms with Crippen molar-refractivity contribution in [2.45, 2.75) is 27.2 Å². The Hall–Kier alpha value is -1.61. The molecule has 0 aliphatic heterocycles. The average molecular weight is 271 g/mol. The predicted molar refractivity (Wildman–Crippen MR) is 87.4 cm³/mol. The molecule has 0 spiro atoms. The van der Waals surface area contributed by atoms with E-state index in [1.807, 2.05) is 6.07 Å². The van der Waals surface area contributed by atoms with Crippen LogP contribution in [0.4, 0.5) is 5.82 Å². The molecule has 1 N–H and O–H groups in total. The van der Waals surface area contributed by atoms with Gasteiger partial charge in [-0.15, -0.1) is 0 Å². The Labute approximate surface area is 122 Å². The highest BCUT2D eigenvalue weighted by atomic mass is 15.1. The zero-order valence-electron chi connectivity index (χ0n) is 12.8. The number of aryl methyl sites for hydroxylation is 1. The van der Waals surface area contributed by atoms with E-state index in [-0.39, 0.29) is 0 Å². The van der Waals surface area contributed by atoms with Crippen LogP contribution in [0.15, 0.2) is 30.3 Å². The molecule has 0 aliphatic rings. The van der Waals surface area contributed by atoms with Crippen molar-refractivity contribution in [1.29, 1.82) is 0 Å². The minimum Gasteiger partial charge on any atom is -0.369 e. The average Bonchev–Trinajstić information content (AvgIpc) is 2.46. The number of pyridine rings is 1. The Morgan fingerprint density at radius 3 is 2.70 bits per heavy atom. The molecule has 108 valence electrons. The molecular formula is C17H25N3. The first-order valence-electron chi connectivity index (χ1n) is 7.57. The molecule has 0 unspecified atom stereocenters. The number of aromatic nitrogens is 1. The van der Waals surface area contributed by atoms with Gasteiger partial charge in [0, 0.05) is 18.5 Å². The summed E-state index contributed by atoms with van der Waals surface area (Å²) in [5.41, 5.74) is 2.27. The standard InChI is InChI=1S/C17H25N3/c1-4-11-20(5-2)12-10-18-17-14(3)13-15-8-6-7-9-16(15)19-17/h6-9,13H,4-5,10-12H2,1-3H3,(H,18,19). The number of benzene rings is 1. The lowest BCUT2D eigenvalue weighted by molar-refractivity contribution is 0.300. The van der Waals surface area contributed by atoms with Crippen LogP contribution in [-0.2, 0) is 0 Å². The van der Waals surface area contributed by atoms with Gasteiger partial charge in [-0.3, -0.25) is 0 Å². The Kier molecular flexibility index (Phi) is 5.36. The van der Waals surface area contributed by atoms with Crippen LogP contribution >= 0.6 is 0 Å². The number of nitrogens with zero attached hydrogens (tertiary/aromatic N) is 2. The number of rotatable bonds is 7. The van der Waals surface area contributed by atoms with Gasteiger partial charge in [0.2, 0.25) is 0 Å². The van der Waals surface area contributed by atoms with Gasteiger partial charge in [0.1, 0.15) is 5.82 Å². The smallest absolute Gasteiger partial charge is 0.129 e. The van der Waals surface area contributed by atoms with Crippen molar-refractivity contribution >= 4 is 16.7 Å². The SMILES string of the molecule is CCCN(CC)CCNc1nc2ccccc2cc1C. The highest BCUT2D eigenvalue weighted by Gasteiger charge is 2.04. The molecule has 2 aromatic rings. The van der Waals surface area contributed by atoms with Crippen LogP contribution in [0.2, 0.25) is 0 Å². The predicted octanol–water partition coefficient (Wildman–Crippen LogP) is 3.69. The molecule has 2 rings (SSSR count). The minimum atomic E-state index is 0.944. The number of para-hydroxylation sites is 1. The number of fused-ring (bicyclic) bond motifs is 1. The van der Waals surface area contributed by atoms with Crippen LogP contribution in [-0.4, -0.2) is 36.1 Å². The first-order valence-corrected chi connectivity index (χ1v) is 7.57.